The quantitative estimate of drug-likeness (QED) is 0.0351. The zero-order valence-electron chi connectivity index (χ0n) is 36.9. The monoisotopic (exact) mass is 781 g/mol. The third kappa shape index (κ3) is 44.1. The summed E-state index contributed by atoms with van der Waals surface area (Å²) < 4.78 is 17.2. The van der Waals surface area contributed by atoms with E-state index in [4.69, 9.17) is 14.2 Å². The fourth-order valence-corrected chi connectivity index (χ4v) is 6.21. The van der Waals surface area contributed by atoms with Gasteiger partial charge in [-0.3, -0.25) is 9.59 Å². The van der Waals surface area contributed by atoms with Gasteiger partial charge in [-0.05, 0) is 103 Å². The average Bonchev–Trinajstić information content (AvgIpc) is 3.20. The van der Waals surface area contributed by atoms with Crippen molar-refractivity contribution in [3.8, 4) is 0 Å². The van der Waals surface area contributed by atoms with E-state index in [0.29, 0.717) is 19.4 Å². The molecule has 0 aliphatic heterocycles. The van der Waals surface area contributed by atoms with Gasteiger partial charge in [-0.1, -0.05) is 171 Å². The lowest BCUT2D eigenvalue weighted by atomic mass is 10.1. The number of ether oxygens (including phenoxy) is 3. The first kappa shape index (κ1) is 53.3. The number of allylic oxidation sites excluding steroid dienone is 12. The van der Waals surface area contributed by atoms with Gasteiger partial charge in [0.2, 0.25) is 0 Å². The van der Waals surface area contributed by atoms with E-state index < -0.39 is 6.10 Å². The van der Waals surface area contributed by atoms with Crippen molar-refractivity contribution in [3.05, 3.63) is 72.9 Å². The highest BCUT2D eigenvalue weighted by molar-refractivity contribution is 5.70. The first-order valence-electron chi connectivity index (χ1n) is 23.5. The molecule has 0 N–H and O–H groups in total. The van der Waals surface area contributed by atoms with Gasteiger partial charge < -0.3 is 14.2 Å². The van der Waals surface area contributed by atoms with Gasteiger partial charge in [-0.25, -0.2) is 0 Å². The molecule has 0 fully saturated rings. The van der Waals surface area contributed by atoms with Crippen molar-refractivity contribution < 1.29 is 23.8 Å². The topological polar surface area (TPSA) is 61.8 Å². The number of carbonyl (C=O) groups is 2. The summed E-state index contributed by atoms with van der Waals surface area (Å²) in [5.41, 5.74) is 0. The summed E-state index contributed by atoms with van der Waals surface area (Å²) in [5, 5.41) is 0. The molecule has 0 bridgehead atoms. The summed E-state index contributed by atoms with van der Waals surface area (Å²) in [6.45, 7) is 7.53. The van der Waals surface area contributed by atoms with E-state index in [-0.39, 0.29) is 25.2 Å². The van der Waals surface area contributed by atoms with Gasteiger partial charge in [0.05, 0.1) is 6.61 Å². The standard InChI is InChI=1S/C51H88O5/c1-4-7-10-13-16-19-22-25-28-31-34-37-40-43-46-54-47-49(56-51(53)45-42-39-36-33-30-27-24-21-18-15-12-9-6-3)48-55-50(52)44-41-38-35-32-29-26-23-20-17-14-11-8-5-2/h7,10,16,19-21,23-25,28,34,37,49H,4-6,8-9,11-15,17-18,22,26-27,29-33,35-36,38-48H2,1-3H3/b10-7-,19-16-,23-20-,24-21-,28-25-,37-34-. The number of rotatable bonds is 42. The first-order chi connectivity index (χ1) is 27.6. The minimum atomic E-state index is -0.572. The van der Waals surface area contributed by atoms with E-state index in [2.05, 4.69) is 93.7 Å². The molecule has 0 aliphatic rings. The second kappa shape index (κ2) is 46.7. The minimum absolute atomic E-state index is 0.0539. The van der Waals surface area contributed by atoms with E-state index in [9.17, 15) is 9.59 Å². The van der Waals surface area contributed by atoms with E-state index in [1.165, 1.54) is 89.9 Å². The fraction of sp³-hybridized carbons (Fsp3) is 0.725. The van der Waals surface area contributed by atoms with Crippen molar-refractivity contribution in [1.82, 2.24) is 0 Å². The van der Waals surface area contributed by atoms with Crippen molar-refractivity contribution in [3.63, 3.8) is 0 Å². The van der Waals surface area contributed by atoms with Crippen LogP contribution >= 0.6 is 0 Å². The van der Waals surface area contributed by atoms with E-state index in [1.807, 2.05) is 0 Å². The Kier molecular flexibility index (Phi) is 44.5. The molecule has 5 nitrogen and oxygen atoms in total. The van der Waals surface area contributed by atoms with Crippen LogP contribution in [0.4, 0.5) is 0 Å². The second-order valence-corrected chi connectivity index (χ2v) is 15.3. The Morgan fingerprint density at radius 2 is 0.804 bits per heavy atom. The highest BCUT2D eigenvalue weighted by atomic mass is 16.6. The highest BCUT2D eigenvalue weighted by Crippen LogP contribution is 2.12. The van der Waals surface area contributed by atoms with Crippen LogP contribution in [0, 0.1) is 0 Å². The zero-order chi connectivity index (χ0) is 40.7. The Bertz CT molecular complexity index is 1020. The molecule has 0 aromatic rings. The molecule has 0 heterocycles. The van der Waals surface area contributed by atoms with Crippen molar-refractivity contribution in [1.29, 1.82) is 0 Å². The van der Waals surface area contributed by atoms with Gasteiger partial charge in [-0.15, -0.1) is 0 Å². The number of esters is 2. The predicted octanol–water partition coefficient (Wildman–Crippen LogP) is 15.6. The van der Waals surface area contributed by atoms with Gasteiger partial charge in [0.15, 0.2) is 6.10 Å². The number of unbranched alkanes of at least 4 members (excludes halogenated alkanes) is 19. The average molecular weight is 781 g/mol. The lowest BCUT2D eigenvalue weighted by Gasteiger charge is -2.18. The Morgan fingerprint density at radius 3 is 1.30 bits per heavy atom. The summed E-state index contributed by atoms with van der Waals surface area (Å²) in [4.78, 5) is 25.3. The number of hydrogen-bond donors (Lipinski definition) is 0. The predicted molar refractivity (Wildman–Crippen MR) is 242 cm³/mol. The van der Waals surface area contributed by atoms with Crippen molar-refractivity contribution in [2.24, 2.45) is 0 Å². The van der Waals surface area contributed by atoms with Crippen molar-refractivity contribution in [2.75, 3.05) is 19.8 Å². The Labute approximate surface area is 347 Å². The molecule has 0 aliphatic carbocycles. The van der Waals surface area contributed by atoms with Crippen LogP contribution < -0.4 is 0 Å². The maximum atomic E-state index is 12.7. The van der Waals surface area contributed by atoms with Crippen LogP contribution in [0.2, 0.25) is 0 Å². The maximum Gasteiger partial charge on any atom is 0.306 e. The van der Waals surface area contributed by atoms with Gasteiger partial charge in [0.1, 0.15) is 6.61 Å². The molecular formula is C51H88O5. The molecule has 0 aromatic heterocycles. The molecule has 5 heteroatoms. The van der Waals surface area contributed by atoms with Crippen LogP contribution in [0.5, 0.6) is 0 Å². The van der Waals surface area contributed by atoms with Gasteiger partial charge in [0.25, 0.3) is 0 Å². The van der Waals surface area contributed by atoms with Crippen molar-refractivity contribution in [2.45, 2.75) is 219 Å². The summed E-state index contributed by atoms with van der Waals surface area (Å²) in [6, 6.07) is 0. The number of hydrogen-bond acceptors (Lipinski definition) is 5. The molecule has 0 amide bonds. The van der Waals surface area contributed by atoms with Crippen LogP contribution in [-0.2, 0) is 23.8 Å². The van der Waals surface area contributed by atoms with E-state index >= 15 is 0 Å². The zero-order valence-corrected chi connectivity index (χ0v) is 36.9. The molecule has 322 valence electrons. The Hall–Kier alpha value is -2.66. The molecule has 0 radical (unpaired) electrons. The highest BCUT2D eigenvalue weighted by Gasteiger charge is 2.17. The summed E-state index contributed by atoms with van der Waals surface area (Å²) in [7, 11) is 0. The van der Waals surface area contributed by atoms with Crippen LogP contribution in [-0.4, -0.2) is 37.9 Å². The lowest BCUT2D eigenvalue weighted by molar-refractivity contribution is -0.163. The van der Waals surface area contributed by atoms with Crippen molar-refractivity contribution >= 4 is 11.9 Å². The largest absolute Gasteiger partial charge is 0.462 e. The second-order valence-electron chi connectivity index (χ2n) is 15.3. The van der Waals surface area contributed by atoms with Gasteiger partial charge in [0, 0.05) is 19.4 Å². The first-order valence-corrected chi connectivity index (χ1v) is 23.5. The normalized spacial score (nSPS) is 12.8. The fourth-order valence-electron chi connectivity index (χ4n) is 6.21. The minimum Gasteiger partial charge on any atom is -0.462 e. The van der Waals surface area contributed by atoms with Crippen LogP contribution in [0.15, 0.2) is 72.9 Å². The van der Waals surface area contributed by atoms with Gasteiger partial charge >= 0.3 is 11.9 Å². The number of carbonyl (C=O) groups excluding carboxylic acids is 2. The molecule has 0 spiro atoms. The third-order valence-electron chi connectivity index (χ3n) is 9.70. The molecule has 1 unspecified atom stereocenters. The Balaban J connectivity index is 4.38. The molecule has 0 saturated carbocycles. The third-order valence-corrected chi connectivity index (χ3v) is 9.70. The van der Waals surface area contributed by atoms with Crippen LogP contribution in [0.25, 0.3) is 0 Å². The summed E-state index contributed by atoms with van der Waals surface area (Å²) in [5.74, 6) is -0.450. The van der Waals surface area contributed by atoms with E-state index in [1.54, 1.807) is 0 Å². The molecule has 1 atom stereocenters. The van der Waals surface area contributed by atoms with Crippen LogP contribution in [0.3, 0.4) is 0 Å². The SMILES string of the molecule is CC/C=C\C/C=C\C/C=C\C/C=C\CCCOCC(COC(=O)CCCCCCC/C=C\CCCCCC)OC(=O)CCCCCCC/C=C\CCCCCC. The molecule has 0 aromatic carbocycles. The smallest absolute Gasteiger partial charge is 0.306 e. The Morgan fingerprint density at radius 1 is 0.411 bits per heavy atom. The lowest BCUT2D eigenvalue weighted by Crippen LogP contribution is -2.30. The summed E-state index contributed by atoms with van der Waals surface area (Å²) in [6.07, 6.45) is 59.1. The van der Waals surface area contributed by atoms with E-state index in [0.717, 1.165) is 89.9 Å². The molecular weight excluding hydrogens is 693 g/mol. The maximum absolute atomic E-state index is 12.7. The molecule has 0 rings (SSSR count). The molecule has 0 saturated heterocycles. The molecule has 56 heavy (non-hydrogen) atoms. The van der Waals surface area contributed by atoms with Crippen LogP contribution in [0.1, 0.15) is 213 Å². The van der Waals surface area contributed by atoms with Gasteiger partial charge in [-0.2, -0.15) is 0 Å². The summed E-state index contributed by atoms with van der Waals surface area (Å²) >= 11 is 0.